The maximum Gasteiger partial charge on any atom is 0.222 e. The first kappa shape index (κ1) is 18.1. The third-order valence-electron chi connectivity index (χ3n) is 4.77. The fraction of sp³-hybridized carbons (Fsp3) is 0.238. The second-order valence-corrected chi connectivity index (χ2v) is 7.46. The molecule has 7 heteroatoms. The van der Waals surface area contributed by atoms with Crippen LogP contribution in [0.2, 0.25) is 0 Å². The smallest absolute Gasteiger partial charge is 0.222 e. The maximum absolute atomic E-state index is 14.1. The quantitative estimate of drug-likeness (QED) is 0.629. The van der Waals surface area contributed by atoms with E-state index in [1.807, 2.05) is 0 Å². The zero-order valence-corrected chi connectivity index (χ0v) is 15.6. The molecule has 0 bridgehead atoms. The fourth-order valence-corrected chi connectivity index (χ4v) is 3.32. The molecule has 28 heavy (non-hydrogen) atoms. The molecule has 2 heterocycles. The summed E-state index contributed by atoms with van der Waals surface area (Å²) in [6.07, 6.45) is 0. The van der Waals surface area contributed by atoms with Crippen LogP contribution in [0.5, 0.6) is 0 Å². The molecule has 0 amide bonds. The number of nitrogens with one attached hydrogen (secondary N) is 2. The Morgan fingerprint density at radius 2 is 1.93 bits per heavy atom. The topological polar surface area (TPSA) is 46.2 Å². The molecule has 5 nitrogen and oxygen atoms in total. The van der Waals surface area contributed by atoms with Crippen LogP contribution in [0.3, 0.4) is 0 Å². The van der Waals surface area contributed by atoms with Gasteiger partial charge < -0.3 is 15.2 Å². The highest BCUT2D eigenvalue weighted by atomic mass is 19.1. The van der Waals surface area contributed by atoms with Gasteiger partial charge in [-0.3, -0.25) is 0 Å². The Morgan fingerprint density at radius 3 is 2.61 bits per heavy atom. The van der Waals surface area contributed by atoms with E-state index in [0.717, 1.165) is 11.4 Å². The van der Waals surface area contributed by atoms with Crippen LogP contribution in [0.15, 0.2) is 42.5 Å². The van der Waals surface area contributed by atoms with Crippen molar-refractivity contribution in [3.63, 3.8) is 0 Å². The summed E-state index contributed by atoms with van der Waals surface area (Å²) in [4.78, 5) is 7.90. The van der Waals surface area contributed by atoms with Crippen molar-refractivity contribution in [2.45, 2.75) is 32.5 Å². The van der Waals surface area contributed by atoms with Crippen LogP contribution in [0.25, 0.3) is 16.1 Å². The molecule has 0 fully saturated rings. The van der Waals surface area contributed by atoms with Crippen LogP contribution < -0.4 is 10.6 Å². The van der Waals surface area contributed by atoms with Gasteiger partial charge >= 0.3 is 0 Å². The molecule has 0 atom stereocenters. The molecule has 142 valence electrons. The van der Waals surface area contributed by atoms with Gasteiger partial charge in [0.25, 0.3) is 0 Å². The summed E-state index contributed by atoms with van der Waals surface area (Å²) in [5.41, 5.74) is 1.80. The zero-order valence-electron chi connectivity index (χ0n) is 15.6. The highest BCUT2D eigenvalue weighted by molar-refractivity contribution is 5.77. The summed E-state index contributed by atoms with van der Waals surface area (Å²) in [7, 11) is 0. The number of hydrogen-bond donors (Lipinski definition) is 2. The first-order valence-corrected chi connectivity index (χ1v) is 8.91. The molecule has 3 aromatic rings. The summed E-state index contributed by atoms with van der Waals surface area (Å²) in [6.45, 7) is 12.5. The zero-order chi connectivity index (χ0) is 19.9. The van der Waals surface area contributed by atoms with Crippen molar-refractivity contribution in [1.29, 1.82) is 0 Å². The van der Waals surface area contributed by atoms with E-state index in [-0.39, 0.29) is 17.0 Å². The Morgan fingerprint density at radius 1 is 1.18 bits per heavy atom. The summed E-state index contributed by atoms with van der Waals surface area (Å²) < 4.78 is 29.5. The number of benzene rings is 2. The number of aromatic nitrogens is 2. The second-order valence-electron chi connectivity index (χ2n) is 7.46. The molecule has 1 aliphatic rings. The van der Waals surface area contributed by atoms with Gasteiger partial charge in [-0.25, -0.2) is 18.6 Å². The van der Waals surface area contributed by atoms with Gasteiger partial charge in [-0.1, -0.05) is 6.07 Å². The van der Waals surface area contributed by atoms with Crippen molar-refractivity contribution in [3.8, 4) is 11.3 Å². The van der Waals surface area contributed by atoms with Gasteiger partial charge in [0.05, 0.1) is 13.1 Å². The number of hydrogen-bond acceptors (Lipinski definition) is 3. The van der Waals surface area contributed by atoms with Gasteiger partial charge in [-0.15, -0.1) is 0 Å². The van der Waals surface area contributed by atoms with E-state index in [4.69, 9.17) is 11.6 Å². The molecule has 1 aliphatic heterocycles. The van der Waals surface area contributed by atoms with Crippen molar-refractivity contribution in [2.75, 3.05) is 5.32 Å². The lowest BCUT2D eigenvalue weighted by atomic mass is 10.0. The highest BCUT2D eigenvalue weighted by Crippen LogP contribution is 2.35. The highest BCUT2D eigenvalue weighted by Gasteiger charge is 2.29. The minimum Gasteiger partial charge on any atom is -0.340 e. The Kier molecular flexibility index (Phi) is 4.36. The molecule has 0 saturated heterocycles. The number of nitrogens with zero attached hydrogens (tertiary/aromatic N) is 3. The number of halogens is 2. The van der Waals surface area contributed by atoms with Gasteiger partial charge in [0.1, 0.15) is 29.0 Å². The number of rotatable bonds is 3. The van der Waals surface area contributed by atoms with E-state index in [2.05, 4.69) is 33.9 Å². The number of imidazole rings is 1. The molecule has 0 saturated carbocycles. The molecule has 2 aromatic carbocycles. The number of fused-ring (bicyclic) bond motifs is 1. The molecule has 0 radical (unpaired) electrons. The van der Waals surface area contributed by atoms with Crippen molar-refractivity contribution in [3.05, 3.63) is 71.3 Å². The van der Waals surface area contributed by atoms with Gasteiger partial charge in [-0.05, 0) is 50.2 Å². The van der Waals surface area contributed by atoms with Crippen molar-refractivity contribution < 1.29 is 8.78 Å². The van der Waals surface area contributed by atoms with Gasteiger partial charge in [0.2, 0.25) is 5.69 Å². The van der Waals surface area contributed by atoms with E-state index in [0.29, 0.717) is 30.3 Å². The minimum absolute atomic E-state index is 0.0232. The molecule has 0 aliphatic carbocycles. The Balaban J connectivity index is 1.82. The third-order valence-corrected chi connectivity index (χ3v) is 4.77. The lowest BCUT2D eigenvalue weighted by Crippen LogP contribution is -2.47. The molecule has 4 rings (SSSR count). The predicted molar refractivity (Wildman–Crippen MR) is 104 cm³/mol. The van der Waals surface area contributed by atoms with Gasteiger partial charge in [0, 0.05) is 23.3 Å². The standard InChI is InChI=1S/C21H19F2N5/c1-21(2)12-28-18(11-25-21)27-19(13-4-6-14(22)7-5-13)20(28)26-15-8-9-17(24-3)16(23)10-15/h4-10,25-26H,11-12H2,1-2H3. The van der Waals surface area contributed by atoms with Crippen molar-refractivity contribution in [2.24, 2.45) is 0 Å². The lowest BCUT2D eigenvalue weighted by Gasteiger charge is -2.33. The average Bonchev–Trinajstić information content (AvgIpc) is 2.99. The summed E-state index contributed by atoms with van der Waals surface area (Å²) in [5.74, 6) is 0.663. The van der Waals surface area contributed by atoms with Crippen LogP contribution in [-0.2, 0) is 13.1 Å². The van der Waals surface area contributed by atoms with Crippen LogP contribution in [0.1, 0.15) is 19.7 Å². The predicted octanol–water partition coefficient (Wildman–Crippen LogP) is 5.00. The molecular formula is C21H19F2N5. The van der Waals surface area contributed by atoms with E-state index in [1.165, 1.54) is 24.3 Å². The molecule has 0 spiro atoms. The average molecular weight is 379 g/mol. The van der Waals surface area contributed by atoms with Crippen LogP contribution >= 0.6 is 0 Å². The fourth-order valence-electron chi connectivity index (χ4n) is 3.32. The summed E-state index contributed by atoms with van der Waals surface area (Å²) >= 11 is 0. The first-order chi connectivity index (χ1) is 13.4. The monoisotopic (exact) mass is 379 g/mol. The van der Waals surface area contributed by atoms with Crippen LogP contribution in [-0.4, -0.2) is 15.1 Å². The Labute approximate surface area is 161 Å². The Bertz CT molecular complexity index is 1080. The van der Waals surface area contributed by atoms with Gasteiger partial charge in [-0.2, -0.15) is 0 Å². The second kappa shape index (κ2) is 6.73. The molecule has 1 aromatic heterocycles. The molecule has 2 N–H and O–H groups in total. The first-order valence-electron chi connectivity index (χ1n) is 8.91. The lowest BCUT2D eigenvalue weighted by molar-refractivity contribution is 0.292. The van der Waals surface area contributed by atoms with Crippen molar-refractivity contribution in [1.82, 2.24) is 14.9 Å². The van der Waals surface area contributed by atoms with E-state index >= 15 is 0 Å². The summed E-state index contributed by atoms with van der Waals surface area (Å²) in [6, 6.07) is 10.5. The van der Waals surface area contributed by atoms with Gasteiger partial charge in [0.15, 0.2) is 0 Å². The Hall–Kier alpha value is -3.24. The summed E-state index contributed by atoms with van der Waals surface area (Å²) in [5, 5.41) is 6.70. The largest absolute Gasteiger partial charge is 0.340 e. The van der Waals surface area contributed by atoms with E-state index in [1.54, 1.807) is 18.2 Å². The minimum atomic E-state index is -0.580. The van der Waals surface area contributed by atoms with E-state index in [9.17, 15) is 8.78 Å². The number of anilines is 2. The SMILES string of the molecule is [C-]#[N+]c1ccc(Nc2c(-c3ccc(F)cc3)nc3n2CC(C)(C)NC3)cc1F. The van der Waals surface area contributed by atoms with E-state index < -0.39 is 5.82 Å². The normalized spacial score (nSPS) is 15.0. The maximum atomic E-state index is 14.1. The molecule has 0 unspecified atom stereocenters. The van der Waals surface area contributed by atoms with Crippen molar-refractivity contribution >= 4 is 17.2 Å². The third kappa shape index (κ3) is 3.35. The van der Waals surface area contributed by atoms with Crippen LogP contribution in [0, 0.1) is 18.2 Å². The molecular weight excluding hydrogens is 360 g/mol. The van der Waals surface area contributed by atoms with Crippen LogP contribution in [0.4, 0.5) is 26.0 Å².